The largest absolute Gasteiger partial charge is 0.396 e. The summed E-state index contributed by atoms with van der Waals surface area (Å²) >= 11 is 0. The van der Waals surface area contributed by atoms with Crippen molar-refractivity contribution in [3.05, 3.63) is 0 Å². The van der Waals surface area contributed by atoms with Gasteiger partial charge in [0.15, 0.2) is 0 Å². The first-order valence-electron chi connectivity index (χ1n) is 4.91. The van der Waals surface area contributed by atoms with Crippen LogP contribution in [0.25, 0.3) is 0 Å². The van der Waals surface area contributed by atoms with E-state index in [4.69, 9.17) is 15.3 Å². The zero-order valence-electron chi connectivity index (χ0n) is 8.58. The number of hydrogen-bond acceptors (Lipinski definition) is 6. The smallest absolute Gasteiger partial charge is 0.106 e. The van der Waals surface area contributed by atoms with Crippen LogP contribution in [0.1, 0.15) is 19.3 Å². The Morgan fingerprint density at radius 2 is 1.60 bits per heavy atom. The number of hydrogen-bond donors (Lipinski definition) is 6. The summed E-state index contributed by atoms with van der Waals surface area (Å²) in [5.74, 6) is 0. The van der Waals surface area contributed by atoms with Crippen molar-refractivity contribution in [1.82, 2.24) is 0 Å². The molecule has 0 saturated heterocycles. The normalized spacial score (nSPS) is 19.6. The third kappa shape index (κ3) is 4.87. The Kier molecular flexibility index (Phi) is 6.99. The van der Waals surface area contributed by atoms with Gasteiger partial charge in [0.25, 0.3) is 0 Å². The fraction of sp³-hybridized carbons (Fsp3) is 1.00. The van der Waals surface area contributed by atoms with Gasteiger partial charge in [-0.3, -0.25) is 0 Å². The minimum absolute atomic E-state index is 0.0753. The summed E-state index contributed by atoms with van der Waals surface area (Å²) in [4.78, 5) is 0. The van der Waals surface area contributed by atoms with Gasteiger partial charge in [-0.2, -0.15) is 0 Å². The average Bonchev–Trinajstić information content (AvgIpc) is 2.17. The predicted octanol–water partition coefficient (Wildman–Crippen LogP) is -2.41. The molecule has 0 aliphatic rings. The fourth-order valence-corrected chi connectivity index (χ4v) is 1.43. The maximum absolute atomic E-state index is 9.87. The van der Waals surface area contributed by atoms with Gasteiger partial charge >= 0.3 is 0 Å². The van der Waals surface area contributed by atoms with E-state index in [1.54, 1.807) is 0 Å². The van der Waals surface area contributed by atoms with Crippen LogP contribution in [0.15, 0.2) is 0 Å². The fourth-order valence-electron chi connectivity index (χ4n) is 1.43. The molecule has 0 bridgehead atoms. The first-order chi connectivity index (χ1) is 7.00. The van der Waals surface area contributed by atoms with Crippen molar-refractivity contribution in [3.8, 4) is 0 Å². The lowest BCUT2D eigenvalue weighted by atomic mass is 9.86. The van der Waals surface area contributed by atoms with Crippen LogP contribution in [-0.4, -0.2) is 68.3 Å². The minimum atomic E-state index is -1.72. The molecule has 6 heteroatoms. The molecule has 6 nitrogen and oxygen atoms in total. The van der Waals surface area contributed by atoms with Crippen LogP contribution in [0.3, 0.4) is 0 Å². The summed E-state index contributed by atoms with van der Waals surface area (Å²) in [5.41, 5.74) is -1.72. The Morgan fingerprint density at radius 1 is 1.00 bits per heavy atom. The Bertz CT molecular complexity index is 165. The Hall–Kier alpha value is -0.240. The monoisotopic (exact) mass is 224 g/mol. The molecule has 0 aromatic rings. The van der Waals surface area contributed by atoms with Gasteiger partial charge in [-0.1, -0.05) is 0 Å². The second-order valence-corrected chi connectivity index (χ2v) is 3.65. The summed E-state index contributed by atoms with van der Waals surface area (Å²) in [7, 11) is 0. The molecule has 92 valence electrons. The van der Waals surface area contributed by atoms with E-state index in [1.165, 1.54) is 0 Å². The lowest BCUT2D eigenvalue weighted by molar-refractivity contribution is -0.126. The van der Waals surface area contributed by atoms with Gasteiger partial charge in [-0.05, 0) is 6.42 Å². The van der Waals surface area contributed by atoms with E-state index in [0.29, 0.717) is 0 Å². The van der Waals surface area contributed by atoms with Crippen LogP contribution >= 0.6 is 0 Å². The van der Waals surface area contributed by atoms with Gasteiger partial charge in [-0.15, -0.1) is 0 Å². The standard InChI is InChI=1S/C9H20O6/c10-3-1-7(13)5-9(15,2-4-11)8(14)6-12/h7-8,10-15H,1-6H2. The molecular formula is C9H20O6. The van der Waals surface area contributed by atoms with Crippen LogP contribution in [0.2, 0.25) is 0 Å². The maximum atomic E-state index is 9.87. The first-order valence-corrected chi connectivity index (χ1v) is 4.91. The Morgan fingerprint density at radius 3 is 2.00 bits per heavy atom. The van der Waals surface area contributed by atoms with Gasteiger partial charge in [-0.25, -0.2) is 0 Å². The molecule has 0 aliphatic carbocycles. The van der Waals surface area contributed by atoms with Crippen LogP contribution in [-0.2, 0) is 0 Å². The van der Waals surface area contributed by atoms with Crippen LogP contribution in [0.4, 0.5) is 0 Å². The lowest BCUT2D eigenvalue weighted by Gasteiger charge is -2.33. The van der Waals surface area contributed by atoms with Crippen molar-refractivity contribution in [2.45, 2.75) is 37.1 Å². The highest BCUT2D eigenvalue weighted by atomic mass is 16.4. The van der Waals surface area contributed by atoms with Gasteiger partial charge in [0.05, 0.1) is 18.3 Å². The predicted molar refractivity (Wildman–Crippen MR) is 52.1 cm³/mol. The Balaban J connectivity index is 4.35. The number of aliphatic hydroxyl groups excluding tert-OH is 5. The molecule has 0 aliphatic heterocycles. The van der Waals surface area contributed by atoms with Crippen molar-refractivity contribution >= 4 is 0 Å². The Labute approximate surface area is 88.4 Å². The topological polar surface area (TPSA) is 121 Å². The minimum Gasteiger partial charge on any atom is -0.396 e. The lowest BCUT2D eigenvalue weighted by Crippen LogP contribution is -2.47. The van der Waals surface area contributed by atoms with E-state index >= 15 is 0 Å². The molecule has 0 rings (SSSR count). The van der Waals surface area contributed by atoms with Gasteiger partial charge < -0.3 is 30.6 Å². The second-order valence-electron chi connectivity index (χ2n) is 3.65. The molecule has 0 fully saturated rings. The first kappa shape index (κ1) is 14.8. The number of aliphatic hydroxyl groups is 6. The summed E-state index contributed by atoms with van der Waals surface area (Å²) in [6.07, 6.45) is -2.66. The molecule has 15 heavy (non-hydrogen) atoms. The number of rotatable bonds is 8. The highest BCUT2D eigenvalue weighted by molar-refractivity contribution is 4.88. The van der Waals surface area contributed by atoms with Crippen molar-refractivity contribution in [2.75, 3.05) is 19.8 Å². The molecule has 0 amide bonds. The van der Waals surface area contributed by atoms with E-state index in [2.05, 4.69) is 0 Å². The maximum Gasteiger partial charge on any atom is 0.106 e. The summed E-state index contributed by atoms with van der Waals surface area (Å²) < 4.78 is 0. The molecular weight excluding hydrogens is 204 g/mol. The zero-order chi connectivity index (χ0) is 11.9. The quantitative estimate of drug-likeness (QED) is 0.273. The van der Waals surface area contributed by atoms with Crippen LogP contribution in [0.5, 0.6) is 0 Å². The van der Waals surface area contributed by atoms with Crippen molar-refractivity contribution < 1.29 is 30.6 Å². The van der Waals surface area contributed by atoms with Crippen molar-refractivity contribution in [3.63, 3.8) is 0 Å². The molecule has 0 heterocycles. The molecule has 0 saturated carbocycles. The zero-order valence-corrected chi connectivity index (χ0v) is 8.58. The van der Waals surface area contributed by atoms with Crippen molar-refractivity contribution in [2.24, 2.45) is 0 Å². The van der Waals surface area contributed by atoms with Crippen LogP contribution < -0.4 is 0 Å². The van der Waals surface area contributed by atoms with E-state index < -0.39 is 24.4 Å². The second kappa shape index (κ2) is 7.10. The van der Waals surface area contributed by atoms with E-state index in [1.807, 2.05) is 0 Å². The molecule has 0 spiro atoms. The van der Waals surface area contributed by atoms with Gasteiger partial charge in [0, 0.05) is 26.1 Å². The molecule has 0 aromatic heterocycles. The summed E-state index contributed by atoms with van der Waals surface area (Å²) in [6.45, 7) is -1.24. The SMILES string of the molecule is OCCC(O)CC(O)(CCO)C(O)CO. The summed E-state index contributed by atoms with van der Waals surface area (Å²) in [5, 5.41) is 54.5. The van der Waals surface area contributed by atoms with Crippen molar-refractivity contribution in [1.29, 1.82) is 0 Å². The molecule has 6 N–H and O–H groups in total. The summed E-state index contributed by atoms with van der Waals surface area (Å²) in [6, 6.07) is 0. The third-order valence-electron chi connectivity index (χ3n) is 2.39. The molecule has 3 atom stereocenters. The average molecular weight is 224 g/mol. The molecule has 0 radical (unpaired) electrons. The van der Waals surface area contributed by atoms with Crippen LogP contribution in [0, 0.1) is 0 Å². The highest BCUT2D eigenvalue weighted by Gasteiger charge is 2.36. The molecule has 3 unspecified atom stereocenters. The highest BCUT2D eigenvalue weighted by Crippen LogP contribution is 2.23. The van der Waals surface area contributed by atoms with E-state index in [9.17, 15) is 15.3 Å². The molecule has 0 aromatic carbocycles. The van der Waals surface area contributed by atoms with Gasteiger partial charge in [0.1, 0.15) is 6.10 Å². The van der Waals surface area contributed by atoms with E-state index in [0.717, 1.165) is 0 Å². The third-order valence-corrected chi connectivity index (χ3v) is 2.39. The van der Waals surface area contributed by atoms with Gasteiger partial charge in [0.2, 0.25) is 0 Å². The van der Waals surface area contributed by atoms with E-state index in [-0.39, 0.29) is 32.5 Å².